The van der Waals surface area contributed by atoms with Crippen molar-refractivity contribution in [2.45, 2.75) is 104 Å². The summed E-state index contributed by atoms with van der Waals surface area (Å²) in [5.74, 6) is 1.60. The van der Waals surface area contributed by atoms with E-state index in [1.54, 1.807) is 12.4 Å². The highest BCUT2D eigenvalue weighted by Crippen LogP contribution is 2.22. The van der Waals surface area contributed by atoms with E-state index in [1.807, 2.05) is 12.1 Å². The van der Waals surface area contributed by atoms with Crippen LogP contribution < -0.4 is 0 Å². The lowest BCUT2D eigenvalue weighted by atomic mass is 9.89. The van der Waals surface area contributed by atoms with Crippen LogP contribution >= 0.6 is 0 Å². The van der Waals surface area contributed by atoms with Crippen LogP contribution in [0.1, 0.15) is 103 Å². The van der Waals surface area contributed by atoms with Crippen LogP contribution in [0.2, 0.25) is 0 Å². The number of ether oxygens (including phenoxy) is 1. The Morgan fingerprint density at radius 1 is 1.00 bits per heavy atom. The smallest absolute Gasteiger partial charge is 0.306 e. The summed E-state index contributed by atoms with van der Waals surface area (Å²) in [7, 11) is 0. The number of unbranched alkanes of at least 4 members (excludes halogenated alkanes) is 6. The summed E-state index contributed by atoms with van der Waals surface area (Å²) in [5.41, 5.74) is 0.944. The Hall–Kier alpha value is -1.38. The van der Waals surface area contributed by atoms with E-state index in [-0.39, 0.29) is 5.97 Å². The predicted molar refractivity (Wildman–Crippen MR) is 113 cm³/mol. The van der Waals surface area contributed by atoms with Crippen LogP contribution in [-0.4, -0.2) is 11.0 Å². The van der Waals surface area contributed by atoms with Gasteiger partial charge in [-0.05, 0) is 30.7 Å². The second-order valence-corrected chi connectivity index (χ2v) is 8.27. The minimum atomic E-state index is -0.0934. The van der Waals surface area contributed by atoms with Crippen LogP contribution in [0.3, 0.4) is 0 Å². The number of hydrogen-bond donors (Lipinski definition) is 0. The van der Waals surface area contributed by atoms with Crippen LogP contribution in [0.4, 0.5) is 0 Å². The van der Waals surface area contributed by atoms with Gasteiger partial charge in [0.2, 0.25) is 0 Å². The maximum absolute atomic E-state index is 11.8. The fraction of sp³-hybridized carbons (Fsp3) is 0.750. The van der Waals surface area contributed by atoms with Crippen molar-refractivity contribution in [3.05, 3.63) is 30.1 Å². The molecule has 0 fully saturated rings. The third-order valence-corrected chi connectivity index (χ3v) is 5.31. The van der Waals surface area contributed by atoms with E-state index in [9.17, 15) is 4.79 Å². The Bertz CT molecular complexity index is 475. The fourth-order valence-corrected chi connectivity index (χ4v) is 3.68. The van der Waals surface area contributed by atoms with Crippen molar-refractivity contribution in [3.8, 4) is 0 Å². The van der Waals surface area contributed by atoms with E-state index in [1.165, 1.54) is 57.8 Å². The van der Waals surface area contributed by atoms with Gasteiger partial charge < -0.3 is 4.74 Å². The van der Waals surface area contributed by atoms with E-state index in [0.29, 0.717) is 13.0 Å². The highest BCUT2D eigenvalue weighted by atomic mass is 16.5. The number of carbonyl (C=O) groups is 1. The summed E-state index contributed by atoms with van der Waals surface area (Å²) < 4.78 is 5.29. The molecule has 0 spiro atoms. The number of carbonyl (C=O) groups excluding carboxylic acids is 1. The molecular weight excluding hydrogens is 334 g/mol. The second kappa shape index (κ2) is 15.7. The van der Waals surface area contributed by atoms with Crippen molar-refractivity contribution < 1.29 is 9.53 Å². The summed E-state index contributed by atoms with van der Waals surface area (Å²) in [5, 5.41) is 0. The monoisotopic (exact) mass is 375 g/mol. The summed E-state index contributed by atoms with van der Waals surface area (Å²) in [4.78, 5) is 15.8. The Labute approximate surface area is 167 Å². The molecule has 154 valence electrons. The largest absolute Gasteiger partial charge is 0.461 e. The van der Waals surface area contributed by atoms with E-state index in [0.717, 1.165) is 30.2 Å². The van der Waals surface area contributed by atoms with Crippen LogP contribution in [-0.2, 0) is 16.1 Å². The van der Waals surface area contributed by atoms with E-state index in [4.69, 9.17) is 4.74 Å². The van der Waals surface area contributed by atoms with Crippen molar-refractivity contribution in [1.82, 2.24) is 4.98 Å². The molecule has 1 aromatic rings. The molecule has 0 aromatic carbocycles. The van der Waals surface area contributed by atoms with Gasteiger partial charge in [-0.15, -0.1) is 0 Å². The number of hydrogen-bond acceptors (Lipinski definition) is 3. The van der Waals surface area contributed by atoms with Gasteiger partial charge in [-0.25, -0.2) is 0 Å². The summed E-state index contributed by atoms with van der Waals surface area (Å²) in [6.07, 6.45) is 18.2. The average molecular weight is 376 g/mol. The van der Waals surface area contributed by atoms with Gasteiger partial charge >= 0.3 is 5.97 Å². The lowest BCUT2D eigenvalue weighted by Crippen LogP contribution is -2.05. The minimum absolute atomic E-state index is 0.0934. The predicted octanol–water partition coefficient (Wildman–Crippen LogP) is 7.10. The van der Waals surface area contributed by atoms with Crippen LogP contribution in [0, 0.1) is 11.8 Å². The van der Waals surface area contributed by atoms with E-state index >= 15 is 0 Å². The first-order chi connectivity index (χ1) is 13.1. The molecule has 0 radical (unpaired) electrons. The van der Waals surface area contributed by atoms with Crippen molar-refractivity contribution in [2.75, 3.05) is 0 Å². The molecule has 0 aliphatic rings. The van der Waals surface area contributed by atoms with Crippen molar-refractivity contribution in [1.29, 1.82) is 0 Å². The van der Waals surface area contributed by atoms with Crippen molar-refractivity contribution in [2.24, 2.45) is 11.8 Å². The zero-order valence-corrected chi connectivity index (χ0v) is 17.9. The average Bonchev–Trinajstić information content (AvgIpc) is 2.67. The first kappa shape index (κ1) is 23.7. The van der Waals surface area contributed by atoms with Gasteiger partial charge in [0.25, 0.3) is 0 Å². The molecule has 3 nitrogen and oxygen atoms in total. The topological polar surface area (TPSA) is 39.2 Å². The highest BCUT2D eigenvalue weighted by molar-refractivity contribution is 5.69. The normalized spacial score (nSPS) is 13.3. The molecule has 2 atom stereocenters. The van der Waals surface area contributed by atoms with E-state index in [2.05, 4.69) is 25.8 Å². The quantitative estimate of drug-likeness (QED) is 0.228. The number of aromatic nitrogens is 1. The molecule has 3 heteroatoms. The maximum atomic E-state index is 11.8. The molecule has 0 N–H and O–H groups in total. The van der Waals surface area contributed by atoms with Gasteiger partial charge in [-0.2, -0.15) is 0 Å². The van der Waals surface area contributed by atoms with Crippen molar-refractivity contribution in [3.63, 3.8) is 0 Å². The molecule has 0 aliphatic heterocycles. The Balaban J connectivity index is 1.94. The summed E-state index contributed by atoms with van der Waals surface area (Å²) in [6.45, 7) is 7.43. The van der Waals surface area contributed by atoms with Gasteiger partial charge in [-0.3, -0.25) is 9.78 Å². The first-order valence-electron chi connectivity index (χ1n) is 11.2. The third-order valence-electron chi connectivity index (χ3n) is 5.31. The number of esters is 1. The molecule has 2 unspecified atom stereocenters. The minimum Gasteiger partial charge on any atom is -0.461 e. The zero-order valence-electron chi connectivity index (χ0n) is 17.9. The van der Waals surface area contributed by atoms with Crippen LogP contribution in [0.25, 0.3) is 0 Å². The van der Waals surface area contributed by atoms with Crippen LogP contribution in [0.15, 0.2) is 24.5 Å². The Morgan fingerprint density at radius 2 is 1.67 bits per heavy atom. The highest BCUT2D eigenvalue weighted by Gasteiger charge is 2.09. The lowest BCUT2D eigenvalue weighted by molar-refractivity contribution is -0.145. The fourth-order valence-electron chi connectivity index (χ4n) is 3.68. The molecule has 0 bridgehead atoms. The number of rotatable bonds is 16. The maximum Gasteiger partial charge on any atom is 0.306 e. The first-order valence-corrected chi connectivity index (χ1v) is 11.2. The number of nitrogens with zero attached hydrogens (tertiary/aromatic N) is 1. The van der Waals surface area contributed by atoms with E-state index < -0.39 is 0 Å². The Kier molecular flexibility index (Phi) is 13.7. The second-order valence-electron chi connectivity index (χ2n) is 8.27. The molecule has 1 rings (SSSR count). The van der Waals surface area contributed by atoms with Gasteiger partial charge in [0.15, 0.2) is 0 Å². The standard InChI is InChI=1S/C24H41NO2/c1-4-5-6-9-13-21(2)18-22(3)14-10-7-8-11-16-24(26)27-20-23-15-12-17-25-19-23/h12,15,17,19,21-22H,4-11,13-14,16,18,20H2,1-3H3. The lowest BCUT2D eigenvalue weighted by Gasteiger charge is -2.17. The molecule has 0 aliphatic carbocycles. The Morgan fingerprint density at radius 3 is 2.30 bits per heavy atom. The molecule has 27 heavy (non-hydrogen) atoms. The van der Waals surface area contributed by atoms with Crippen LogP contribution in [0.5, 0.6) is 0 Å². The molecule has 0 amide bonds. The van der Waals surface area contributed by atoms with Crippen molar-refractivity contribution >= 4 is 5.97 Å². The SMILES string of the molecule is CCCCCCC(C)CC(C)CCCCCCC(=O)OCc1cccnc1. The third kappa shape index (κ3) is 13.4. The zero-order chi connectivity index (χ0) is 19.7. The van der Waals surface area contributed by atoms with Gasteiger partial charge in [0.05, 0.1) is 0 Å². The molecule has 0 saturated carbocycles. The summed E-state index contributed by atoms with van der Waals surface area (Å²) in [6, 6.07) is 3.78. The summed E-state index contributed by atoms with van der Waals surface area (Å²) >= 11 is 0. The molecule has 1 aromatic heterocycles. The van der Waals surface area contributed by atoms with Gasteiger partial charge in [-0.1, -0.05) is 84.6 Å². The molecule has 1 heterocycles. The van der Waals surface area contributed by atoms with Gasteiger partial charge in [0.1, 0.15) is 6.61 Å². The number of pyridine rings is 1. The molecular formula is C24H41NO2. The van der Waals surface area contributed by atoms with Gasteiger partial charge in [0, 0.05) is 24.4 Å². The molecule has 0 saturated heterocycles.